The van der Waals surface area contributed by atoms with Crippen molar-refractivity contribution >= 4 is 12.1 Å². The second kappa shape index (κ2) is 9.29. The molecule has 1 aromatic rings. The van der Waals surface area contributed by atoms with E-state index in [4.69, 9.17) is 4.74 Å². The first-order valence-corrected chi connectivity index (χ1v) is 14.4. The van der Waals surface area contributed by atoms with Crippen molar-refractivity contribution in [1.82, 2.24) is 10.2 Å². The summed E-state index contributed by atoms with van der Waals surface area (Å²) < 4.78 is 5.52. The van der Waals surface area contributed by atoms with E-state index < -0.39 is 17.0 Å². The Balaban J connectivity index is 0.000000154. The molecule has 1 amide bonds. The Hall–Kier alpha value is -2.08. The zero-order valence-corrected chi connectivity index (χ0v) is 23.3. The maximum atomic E-state index is 12.2. The third kappa shape index (κ3) is 5.03. The minimum atomic E-state index is -0.548. The van der Waals surface area contributed by atoms with Crippen LogP contribution in [0.1, 0.15) is 97.5 Å². The lowest BCUT2D eigenvalue weighted by Crippen LogP contribution is -2.60. The molecule has 6 fully saturated rings. The van der Waals surface area contributed by atoms with Crippen molar-refractivity contribution in [2.75, 3.05) is 19.6 Å². The first-order chi connectivity index (χ1) is 17.4. The fraction of sp³-hybridized carbons (Fsp3) is 0.742. The number of hydrogen-bond acceptors (Lipinski definition) is 4. The van der Waals surface area contributed by atoms with Gasteiger partial charge >= 0.3 is 12.1 Å². The summed E-state index contributed by atoms with van der Waals surface area (Å²) in [7, 11) is 0. The van der Waals surface area contributed by atoms with Gasteiger partial charge in [0.1, 0.15) is 5.60 Å². The Labute approximate surface area is 222 Å². The Morgan fingerprint density at radius 1 is 1.00 bits per heavy atom. The number of hydrogen-bond donors (Lipinski definition) is 2. The number of likely N-dealkylation sites (tertiary alicyclic amines) is 1. The number of carbonyl (C=O) groups excluding carboxylic acids is 1. The van der Waals surface area contributed by atoms with Gasteiger partial charge < -0.3 is 20.1 Å². The summed E-state index contributed by atoms with van der Waals surface area (Å²) in [5, 5.41) is 13.2. The summed E-state index contributed by atoms with van der Waals surface area (Å²) in [6.07, 6.45) is 10.5. The van der Waals surface area contributed by atoms with Gasteiger partial charge in [-0.05, 0) is 120 Å². The lowest BCUT2D eigenvalue weighted by molar-refractivity contribution is -0.177. The van der Waals surface area contributed by atoms with Crippen molar-refractivity contribution in [3.05, 3.63) is 35.9 Å². The molecule has 4 bridgehead atoms. The van der Waals surface area contributed by atoms with Crippen LogP contribution in [0.3, 0.4) is 0 Å². The minimum absolute atomic E-state index is 0.0770. The quantitative estimate of drug-likeness (QED) is 0.500. The minimum Gasteiger partial charge on any atom is -0.481 e. The summed E-state index contributed by atoms with van der Waals surface area (Å²) in [6.45, 7) is 11.0. The molecule has 7 rings (SSSR count). The number of ether oxygens (including phenoxy) is 1. The highest BCUT2D eigenvalue weighted by atomic mass is 16.6. The van der Waals surface area contributed by atoms with Crippen molar-refractivity contribution in [1.29, 1.82) is 0 Å². The Kier molecular flexibility index (Phi) is 6.66. The number of carboxylic acid groups (broad SMARTS) is 1. The fourth-order valence-electron chi connectivity index (χ4n) is 9.23. The lowest BCUT2D eigenvalue weighted by Gasteiger charge is -2.64. The zero-order chi connectivity index (χ0) is 26.5. The van der Waals surface area contributed by atoms with E-state index in [2.05, 4.69) is 42.6 Å². The molecule has 2 saturated heterocycles. The maximum Gasteiger partial charge on any atom is 0.410 e. The first kappa shape index (κ1) is 26.5. The number of nitrogens with one attached hydrogen (secondary N) is 1. The number of nitrogens with zero attached hydrogens (tertiary/aromatic N) is 1. The van der Waals surface area contributed by atoms with Gasteiger partial charge in [0.05, 0.1) is 5.41 Å². The topological polar surface area (TPSA) is 78.9 Å². The Morgan fingerprint density at radius 3 is 2.32 bits per heavy atom. The van der Waals surface area contributed by atoms with Crippen molar-refractivity contribution in [3.8, 4) is 0 Å². The molecule has 4 unspecified atom stereocenters. The second-order valence-electron chi connectivity index (χ2n) is 14.3. The number of piperidine rings is 1. The van der Waals surface area contributed by atoms with E-state index in [1.54, 1.807) is 0 Å². The Bertz CT molecular complexity index is 1010. The predicted molar refractivity (Wildman–Crippen MR) is 144 cm³/mol. The molecule has 6 heteroatoms. The van der Waals surface area contributed by atoms with Crippen molar-refractivity contribution in [2.45, 2.75) is 108 Å². The van der Waals surface area contributed by atoms with Crippen LogP contribution in [0.15, 0.2) is 30.3 Å². The van der Waals surface area contributed by atoms with E-state index in [0.29, 0.717) is 5.92 Å². The van der Waals surface area contributed by atoms with Crippen molar-refractivity contribution in [2.24, 2.45) is 16.7 Å². The number of carboxylic acids is 1. The van der Waals surface area contributed by atoms with Crippen LogP contribution in [-0.4, -0.2) is 52.8 Å². The number of amides is 1. The maximum absolute atomic E-state index is 12.2. The van der Waals surface area contributed by atoms with E-state index in [1.165, 1.54) is 24.8 Å². The SMILES string of the molecule is CC(C)(C)OC(=O)N1CCCC12CCNCC2.CC12CC3CC(C(=O)O)(C1)CC(c1ccccc1)(C3)C2. The first-order valence-electron chi connectivity index (χ1n) is 14.4. The molecule has 0 aromatic heterocycles. The third-order valence-electron chi connectivity index (χ3n) is 9.93. The van der Waals surface area contributed by atoms with Crippen LogP contribution < -0.4 is 5.32 Å². The van der Waals surface area contributed by atoms with E-state index >= 15 is 0 Å². The second-order valence-corrected chi connectivity index (χ2v) is 14.3. The lowest BCUT2D eigenvalue weighted by atomic mass is 9.39. The van der Waals surface area contributed by atoms with Crippen molar-refractivity contribution in [3.63, 3.8) is 0 Å². The number of carbonyl (C=O) groups is 2. The van der Waals surface area contributed by atoms with Gasteiger partial charge in [0, 0.05) is 12.1 Å². The normalized spacial score (nSPS) is 35.7. The van der Waals surface area contributed by atoms with Crippen LogP contribution in [0.4, 0.5) is 4.79 Å². The monoisotopic (exact) mass is 510 g/mol. The highest BCUT2D eigenvalue weighted by Gasteiger charge is 2.64. The highest BCUT2D eigenvalue weighted by Crippen LogP contribution is 2.70. The summed E-state index contributed by atoms with van der Waals surface area (Å²) in [4.78, 5) is 26.2. The van der Waals surface area contributed by atoms with Crippen LogP contribution in [0.5, 0.6) is 0 Å². The largest absolute Gasteiger partial charge is 0.481 e. The molecule has 0 radical (unpaired) electrons. The average molecular weight is 511 g/mol. The average Bonchev–Trinajstić information content (AvgIpc) is 3.20. The number of benzene rings is 1. The van der Waals surface area contributed by atoms with Gasteiger partial charge in [0.2, 0.25) is 0 Å². The highest BCUT2D eigenvalue weighted by molar-refractivity contribution is 5.76. The van der Waals surface area contributed by atoms with E-state index in [0.717, 1.165) is 64.6 Å². The molecule has 6 nitrogen and oxygen atoms in total. The molecule has 6 aliphatic rings. The number of aliphatic carboxylic acids is 1. The van der Waals surface area contributed by atoms with Crippen molar-refractivity contribution < 1.29 is 19.4 Å². The molecule has 1 aromatic carbocycles. The smallest absolute Gasteiger partial charge is 0.410 e. The zero-order valence-electron chi connectivity index (χ0n) is 23.3. The fourth-order valence-corrected chi connectivity index (χ4v) is 9.23. The molecule has 2 aliphatic heterocycles. The van der Waals surface area contributed by atoms with Crippen LogP contribution in [0.25, 0.3) is 0 Å². The van der Waals surface area contributed by atoms with Crippen LogP contribution >= 0.6 is 0 Å². The third-order valence-corrected chi connectivity index (χ3v) is 9.93. The van der Waals surface area contributed by atoms with Crippen LogP contribution in [0.2, 0.25) is 0 Å². The molecule has 2 heterocycles. The van der Waals surface area contributed by atoms with Crippen LogP contribution in [-0.2, 0) is 14.9 Å². The number of rotatable bonds is 2. The molecular weight excluding hydrogens is 464 g/mol. The molecule has 4 saturated carbocycles. The summed E-state index contributed by atoms with van der Waals surface area (Å²) >= 11 is 0. The summed E-state index contributed by atoms with van der Waals surface area (Å²) in [5.74, 6) is 0.0562. The molecule has 1 spiro atoms. The van der Waals surface area contributed by atoms with Gasteiger partial charge in [-0.3, -0.25) is 4.79 Å². The van der Waals surface area contributed by atoms with E-state index in [9.17, 15) is 14.7 Å². The van der Waals surface area contributed by atoms with E-state index in [1.807, 2.05) is 25.7 Å². The van der Waals surface area contributed by atoms with Gasteiger partial charge in [-0.15, -0.1) is 0 Å². The molecule has 37 heavy (non-hydrogen) atoms. The standard InChI is InChI=1S/C18H22O2.C13H24N2O2/c1-16-7-13-8-17(10-16,14-5-3-2-4-6-14)12-18(9-13,11-16)15(19)20;1-12(2,3)17-11(16)15-10-4-5-13(15)6-8-14-9-7-13/h2-6,13H,7-12H2,1H3,(H,19,20);14H,4-10H2,1-3H3. The van der Waals surface area contributed by atoms with Crippen LogP contribution in [0, 0.1) is 16.7 Å². The van der Waals surface area contributed by atoms with Gasteiger partial charge in [0.25, 0.3) is 0 Å². The molecule has 2 N–H and O–H groups in total. The van der Waals surface area contributed by atoms with Gasteiger partial charge in [-0.2, -0.15) is 0 Å². The Morgan fingerprint density at radius 2 is 1.70 bits per heavy atom. The van der Waals surface area contributed by atoms with E-state index in [-0.39, 0.29) is 22.5 Å². The predicted octanol–water partition coefficient (Wildman–Crippen LogP) is 6.14. The van der Waals surface area contributed by atoms with Gasteiger partial charge in [-0.1, -0.05) is 37.3 Å². The summed E-state index contributed by atoms with van der Waals surface area (Å²) in [5.41, 5.74) is 0.952. The molecule has 4 aliphatic carbocycles. The van der Waals surface area contributed by atoms with Gasteiger partial charge in [-0.25, -0.2) is 4.79 Å². The van der Waals surface area contributed by atoms with Gasteiger partial charge in [0.15, 0.2) is 0 Å². The molecule has 4 atom stereocenters. The molecular formula is C31H46N2O4. The summed E-state index contributed by atoms with van der Waals surface area (Å²) in [6, 6.07) is 10.7. The molecule has 204 valence electrons.